The van der Waals surface area contributed by atoms with Crippen molar-refractivity contribution in [3.05, 3.63) is 115 Å². The maximum absolute atomic E-state index is 14.3. The zero-order valence-corrected chi connectivity index (χ0v) is 42.6. The summed E-state index contributed by atoms with van der Waals surface area (Å²) in [4.78, 5) is 3.82. The zero-order chi connectivity index (χ0) is 48.1. The molecule has 6 aromatic rings. The summed E-state index contributed by atoms with van der Waals surface area (Å²) in [5.41, 5.74) is 8.09. The van der Waals surface area contributed by atoms with Crippen LogP contribution < -0.4 is 9.47 Å². The molecule has 4 aliphatic rings. The first-order chi connectivity index (χ1) is 32.5. The molecule has 6 heterocycles. The minimum atomic E-state index is -2.82. The smallest absolute Gasteiger partial charge is 0.257 e. The van der Waals surface area contributed by atoms with Gasteiger partial charge in [-0.2, -0.15) is 10.2 Å². The lowest BCUT2D eigenvalue weighted by Crippen LogP contribution is -2.47. The Morgan fingerprint density at radius 3 is 1.66 bits per heavy atom. The van der Waals surface area contributed by atoms with Gasteiger partial charge in [0.05, 0.1) is 56.6 Å². The van der Waals surface area contributed by atoms with Crippen molar-refractivity contribution in [2.24, 2.45) is 0 Å². The summed E-state index contributed by atoms with van der Waals surface area (Å²) >= 11 is 7.01. The summed E-state index contributed by atoms with van der Waals surface area (Å²) in [5.74, 6) is -4.29. The third-order valence-corrected chi connectivity index (χ3v) is 14.9. The molecule has 2 aromatic heterocycles. The molecular weight excluding hydrogens is 1010 g/mol. The van der Waals surface area contributed by atoms with Crippen LogP contribution in [0.5, 0.6) is 11.5 Å². The molecule has 0 N–H and O–H groups in total. The van der Waals surface area contributed by atoms with Crippen molar-refractivity contribution in [1.82, 2.24) is 29.4 Å². The Hall–Kier alpha value is -4.06. The number of alkyl halides is 4. The molecule has 10 nitrogen and oxygen atoms in total. The summed E-state index contributed by atoms with van der Waals surface area (Å²) in [7, 11) is 3.24. The highest BCUT2D eigenvalue weighted by Gasteiger charge is 2.42. The number of methoxy groups -OCH3 is 2. The van der Waals surface area contributed by atoms with Crippen LogP contribution in [0.2, 0.25) is 0 Å². The van der Waals surface area contributed by atoms with Crippen molar-refractivity contribution in [3.63, 3.8) is 0 Å². The molecule has 0 aliphatic carbocycles. The van der Waals surface area contributed by atoms with Gasteiger partial charge in [0.1, 0.15) is 17.7 Å². The summed E-state index contributed by atoms with van der Waals surface area (Å²) in [6.07, 6.45) is 11.6. The average Bonchev–Trinajstić information content (AvgIpc) is 3.96. The third-order valence-electron chi connectivity index (χ3n) is 13.9. The molecule has 10 rings (SSSR count). The molecule has 0 radical (unpaired) electrons. The Balaban J connectivity index is 0.000000170. The van der Waals surface area contributed by atoms with Crippen molar-refractivity contribution >= 4 is 53.7 Å². The molecule has 364 valence electrons. The quantitative estimate of drug-likeness (QED) is 0.126. The van der Waals surface area contributed by atoms with Crippen LogP contribution in [0.3, 0.4) is 0 Å². The van der Waals surface area contributed by atoms with Crippen LogP contribution in [0.25, 0.3) is 21.8 Å². The number of ether oxygens (including phenoxy) is 4. The van der Waals surface area contributed by atoms with Crippen molar-refractivity contribution in [2.45, 2.75) is 128 Å². The van der Waals surface area contributed by atoms with E-state index in [1.807, 2.05) is 81.7 Å². The van der Waals surface area contributed by atoms with E-state index in [0.29, 0.717) is 24.3 Å². The zero-order valence-electron chi connectivity index (χ0n) is 39.5. The first kappa shape index (κ1) is 48.9. The van der Waals surface area contributed by atoms with E-state index >= 15 is 0 Å². The molecular formula is C52H60Br2F4N6O4. The van der Waals surface area contributed by atoms with Gasteiger partial charge in [-0.1, -0.05) is 56.1 Å². The van der Waals surface area contributed by atoms with Gasteiger partial charge in [0.15, 0.2) is 6.23 Å². The summed E-state index contributed by atoms with van der Waals surface area (Å²) < 4.78 is 86.4. The highest BCUT2D eigenvalue weighted by Crippen LogP contribution is 2.47. The van der Waals surface area contributed by atoms with Crippen LogP contribution >= 0.6 is 31.9 Å². The van der Waals surface area contributed by atoms with E-state index in [2.05, 4.69) is 56.3 Å². The number of halogens is 6. The molecule has 2 saturated heterocycles. The average molecular weight is 1070 g/mol. The predicted octanol–water partition coefficient (Wildman–Crippen LogP) is 13.0. The van der Waals surface area contributed by atoms with E-state index in [4.69, 9.17) is 29.1 Å². The SMILES string of the molecule is COc1cc(Br)ccc1[C@@H]1c2ccc3c(cnn3C3CCCCO3)c2C[C@@H](C)N1CC(C)(F)F.COc1cc(Br)ccc1[C@@H]1c2ccc3nn(C4CCCCO4)cc3c2C[C@@H](C)N1CC(C)(F)F. The van der Waals surface area contributed by atoms with E-state index in [-0.39, 0.29) is 49.7 Å². The van der Waals surface area contributed by atoms with Gasteiger partial charge in [0.2, 0.25) is 0 Å². The lowest BCUT2D eigenvalue weighted by atomic mass is 9.83. The Morgan fingerprint density at radius 1 is 0.662 bits per heavy atom. The Kier molecular flexibility index (Phi) is 14.4. The molecule has 0 saturated carbocycles. The number of hydrogen-bond donors (Lipinski definition) is 0. The van der Waals surface area contributed by atoms with Crippen LogP contribution in [-0.2, 0) is 22.3 Å². The molecule has 4 aliphatic heterocycles. The third kappa shape index (κ3) is 10.1. The second-order valence-electron chi connectivity index (χ2n) is 19.1. The summed E-state index contributed by atoms with van der Waals surface area (Å²) in [5, 5.41) is 11.7. The number of nitrogens with zero attached hydrogens (tertiary/aromatic N) is 6. The standard InChI is InChI=1S/2C26H30BrF2N3O2/c1-16-12-20-18(9-10-22-21(20)14-32(30-22)24-6-4-5-11-34-24)25(31(16)15-26(2,28)29)19-8-7-17(27)13-23(19)33-3;1-16-12-20-18(9-10-22-21(20)14-30-32(22)24-6-4-5-11-34-24)25(31(16)15-26(2,28)29)19-8-7-17(27)13-23(19)33-3/h2*7-10,13-14,16,24-25H,4-6,11-12,15H2,1-3H3/t2*16-,24?,25+/m11/s1. The number of hydrogen-bond acceptors (Lipinski definition) is 8. The lowest BCUT2D eigenvalue weighted by molar-refractivity contribution is -0.0391. The van der Waals surface area contributed by atoms with Crippen molar-refractivity contribution in [3.8, 4) is 11.5 Å². The van der Waals surface area contributed by atoms with Crippen LogP contribution in [-0.4, -0.2) is 93.8 Å². The van der Waals surface area contributed by atoms with Gasteiger partial charge in [0.25, 0.3) is 11.8 Å². The molecule has 0 bridgehead atoms. The van der Waals surface area contributed by atoms with E-state index in [1.165, 1.54) is 0 Å². The van der Waals surface area contributed by atoms with Gasteiger partial charge in [-0.05, 0) is 124 Å². The molecule has 0 spiro atoms. The first-order valence-electron chi connectivity index (χ1n) is 23.7. The number of fused-ring (bicyclic) bond motifs is 6. The van der Waals surface area contributed by atoms with Crippen molar-refractivity contribution in [1.29, 1.82) is 0 Å². The molecule has 0 amide bonds. The minimum absolute atomic E-state index is 0.0459. The maximum Gasteiger partial charge on any atom is 0.257 e. The van der Waals surface area contributed by atoms with Gasteiger partial charge >= 0.3 is 0 Å². The normalized spacial score (nSPS) is 23.8. The largest absolute Gasteiger partial charge is 0.496 e. The summed E-state index contributed by atoms with van der Waals surface area (Å²) in [6, 6.07) is 18.9. The first-order valence-corrected chi connectivity index (χ1v) is 25.3. The topological polar surface area (TPSA) is 79.0 Å². The second kappa shape index (κ2) is 20.0. The minimum Gasteiger partial charge on any atom is -0.496 e. The molecule has 2 unspecified atom stereocenters. The highest BCUT2D eigenvalue weighted by atomic mass is 79.9. The Morgan fingerprint density at radius 2 is 1.16 bits per heavy atom. The molecule has 4 aromatic carbocycles. The fourth-order valence-corrected chi connectivity index (χ4v) is 11.6. The number of aromatic nitrogens is 4. The van der Waals surface area contributed by atoms with E-state index in [1.54, 1.807) is 14.2 Å². The monoisotopic (exact) mass is 1070 g/mol. The fraction of sp³-hybridized carbons (Fsp3) is 0.500. The van der Waals surface area contributed by atoms with E-state index in [9.17, 15) is 17.6 Å². The van der Waals surface area contributed by atoms with Crippen molar-refractivity contribution < 1.29 is 36.5 Å². The Bertz CT molecular complexity index is 2640. The molecule has 68 heavy (non-hydrogen) atoms. The van der Waals surface area contributed by atoms with Gasteiger partial charge in [0, 0.05) is 76.2 Å². The second-order valence-corrected chi connectivity index (χ2v) is 21.0. The maximum atomic E-state index is 14.3. The van der Waals surface area contributed by atoms with E-state index in [0.717, 1.165) is 130 Å². The lowest BCUT2D eigenvalue weighted by Gasteiger charge is -2.43. The molecule has 16 heteroatoms. The van der Waals surface area contributed by atoms with Gasteiger partial charge < -0.3 is 18.9 Å². The fourth-order valence-electron chi connectivity index (χ4n) is 10.9. The molecule has 6 atom stereocenters. The molecule has 2 fully saturated rings. The number of benzene rings is 4. The van der Waals surface area contributed by atoms with Crippen LogP contribution in [0.15, 0.2) is 82.0 Å². The highest BCUT2D eigenvalue weighted by molar-refractivity contribution is 9.10. The van der Waals surface area contributed by atoms with E-state index < -0.39 is 11.8 Å². The van der Waals surface area contributed by atoms with Crippen LogP contribution in [0.1, 0.15) is 124 Å². The van der Waals surface area contributed by atoms with Gasteiger partial charge in [-0.25, -0.2) is 26.9 Å². The Labute approximate surface area is 412 Å². The predicted molar refractivity (Wildman–Crippen MR) is 263 cm³/mol. The van der Waals surface area contributed by atoms with Crippen LogP contribution in [0.4, 0.5) is 17.6 Å². The number of rotatable bonds is 10. The summed E-state index contributed by atoms with van der Waals surface area (Å²) in [6.45, 7) is 6.88. The van der Waals surface area contributed by atoms with Crippen molar-refractivity contribution in [2.75, 3.05) is 40.5 Å². The van der Waals surface area contributed by atoms with Gasteiger partial charge in [-0.3, -0.25) is 9.80 Å². The van der Waals surface area contributed by atoms with Crippen LogP contribution in [0, 0.1) is 0 Å². The van der Waals surface area contributed by atoms with Gasteiger partial charge in [-0.15, -0.1) is 0 Å².